The van der Waals surface area contributed by atoms with Gasteiger partial charge in [0.05, 0.1) is 17.5 Å². The van der Waals surface area contributed by atoms with Crippen molar-refractivity contribution in [1.29, 1.82) is 0 Å². The molecule has 15 heavy (non-hydrogen) atoms. The van der Waals surface area contributed by atoms with Crippen LogP contribution >= 0.6 is 0 Å². The Morgan fingerprint density at radius 2 is 2.13 bits per heavy atom. The van der Waals surface area contributed by atoms with Gasteiger partial charge in [-0.3, -0.25) is 0 Å². The standard InChI is InChI=1S/C12H18N2O/c1-15-10-7-6-9(8-10)14-12-5-3-2-4-11(12)13/h2-5,9-10,14H,6-8,13H2,1H3. The summed E-state index contributed by atoms with van der Waals surface area (Å²) in [5.41, 5.74) is 7.73. The van der Waals surface area contributed by atoms with Crippen molar-refractivity contribution in [3.05, 3.63) is 24.3 Å². The fourth-order valence-electron chi connectivity index (χ4n) is 2.13. The average molecular weight is 206 g/mol. The summed E-state index contributed by atoms with van der Waals surface area (Å²) < 4.78 is 5.34. The quantitative estimate of drug-likeness (QED) is 0.746. The molecule has 0 radical (unpaired) electrons. The highest BCUT2D eigenvalue weighted by atomic mass is 16.5. The monoisotopic (exact) mass is 206 g/mol. The third-order valence-corrected chi connectivity index (χ3v) is 3.04. The van der Waals surface area contributed by atoms with Crippen LogP contribution in [0.3, 0.4) is 0 Å². The SMILES string of the molecule is COC1CCC(Nc2ccccc2N)C1. The number of rotatable bonds is 3. The van der Waals surface area contributed by atoms with Gasteiger partial charge >= 0.3 is 0 Å². The number of methoxy groups -OCH3 is 1. The molecule has 0 spiro atoms. The number of hydrogen-bond acceptors (Lipinski definition) is 3. The molecule has 1 fully saturated rings. The van der Waals surface area contributed by atoms with E-state index in [0.29, 0.717) is 12.1 Å². The first-order chi connectivity index (χ1) is 7.29. The maximum atomic E-state index is 5.87. The van der Waals surface area contributed by atoms with E-state index in [4.69, 9.17) is 10.5 Å². The largest absolute Gasteiger partial charge is 0.397 e. The molecular weight excluding hydrogens is 188 g/mol. The molecule has 0 amide bonds. The fourth-order valence-corrected chi connectivity index (χ4v) is 2.13. The maximum absolute atomic E-state index is 5.87. The molecule has 3 heteroatoms. The Morgan fingerprint density at radius 1 is 1.33 bits per heavy atom. The van der Waals surface area contributed by atoms with E-state index in [1.54, 1.807) is 7.11 Å². The van der Waals surface area contributed by atoms with Gasteiger partial charge in [0.1, 0.15) is 0 Å². The number of nitrogen functional groups attached to an aromatic ring is 1. The summed E-state index contributed by atoms with van der Waals surface area (Å²) in [6, 6.07) is 8.40. The maximum Gasteiger partial charge on any atom is 0.0591 e. The summed E-state index contributed by atoms with van der Waals surface area (Å²) in [7, 11) is 1.78. The van der Waals surface area contributed by atoms with E-state index in [1.165, 1.54) is 0 Å². The van der Waals surface area contributed by atoms with Crippen molar-refractivity contribution >= 4 is 11.4 Å². The summed E-state index contributed by atoms with van der Waals surface area (Å²) in [6.45, 7) is 0. The van der Waals surface area contributed by atoms with Gasteiger partial charge in [0, 0.05) is 13.2 Å². The Bertz CT molecular complexity index is 327. The molecule has 3 nitrogen and oxygen atoms in total. The van der Waals surface area contributed by atoms with Crippen molar-refractivity contribution in [1.82, 2.24) is 0 Å². The van der Waals surface area contributed by atoms with Crippen LogP contribution in [0.4, 0.5) is 11.4 Å². The highest BCUT2D eigenvalue weighted by molar-refractivity contribution is 5.66. The molecule has 1 saturated carbocycles. The van der Waals surface area contributed by atoms with Crippen LogP contribution < -0.4 is 11.1 Å². The third kappa shape index (κ3) is 2.42. The second-order valence-electron chi connectivity index (χ2n) is 4.10. The van der Waals surface area contributed by atoms with Gasteiger partial charge in [-0.2, -0.15) is 0 Å². The van der Waals surface area contributed by atoms with E-state index >= 15 is 0 Å². The lowest BCUT2D eigenvalue weighted by Crippen LogP contribution is -2.17. The predicted molar refractivity (Wildman–Crippen MR) is 62.9 cm³/mol. The summed E-state index contributed by atoms with van der Waals surface area (Å²) in [5, 5.41) is 3.47. The Hall–Kier alpha value is -1.22. The molecule has 3 N–H and O–H groups in total. The van der Waals surface area contributed by atoms with Gasteiger partial charge in [-0.1, -0.05) is 12.1 Å². The van der Waals surface area contributed by atoms with E-state index in [-0.39, 0.29) is 0 Å². The van der Waals surface area contributed by atoms with Crippen molar-refractivity contribution in [3.8, 4) is 0 Å². The Balaban J connectivity index is 1.96. The van der Waals surface area contributed by atoms with Gasteiger partial charge in [-0.25, -0.2) is 0 Å². The number of hydrogen-bond donors (Lipinski definition) is 2. The summed E-state index contributed by atoms with van der Waals surface area (Å²) >= 11 is 0. The molecular formula is C12H18N2O. The second kappa shape index (κ2) is 4.53. The smallest absolute Gasteiger partial charge is 0.0591 e. The van der Waals surface area contributed by atoms with Crippen molar-refractivity contribution in [3.63, 3.8) is 0 Å². The normalized spacial score (nSPS) is 25.4. The number of nitrogens with two attached hydrogens (primary N) is 1. The first-order valence-corrected chi connectivity index (χ1v) is 5.43. The van der Waals surface area contributed by atoms with Crippen LogP contribution in [0.5, 0.6) is 0 Å². The molecule has 0 bridgehead atoms. The number of benzene rings is 1. The molecule has 2 atom stereocenters. The Kier molecular flexibility index (Phi) is 3.11. The predicted octanol–water partition coefficient (Wildman–Crippen LogP) is 2.25. The summed E-state index contributed by atoms with van der Waals surface area (Å²) in [6.07, 6.45) is 3.78. The molecule has 1 aliphatic rings. The molecule has 0 heterocycles. The van der Waals surface area contributed by atoms with Crippen LogP contribution in [0.1, 0.15) is 19.3 Å². The minimum Gasteiger partial charge on any atom is -0.397 e. The van der Waals surface area contributed by atoms with Gasteiger partial charge in [0.2, 0.25) is 0 Å². The lowest BCUT2D eigenvalue weighted by Gasteiger charge is -2.15. The van der Waals surface area contributed by atoms with Crippen molar-refractivity contribution in [2.45, 2.75) is 31.4 Å². The van der Waals surface area contributed by atoms with Crippen LogP contribution in [-0.2, 0) is 4.74 Å². The van der Waals surface area contributed by atoms with Gasteiger partial charge in [0.15, 0.2) is 0 Å². The highest BCUT2D eigenvalue weighted by Gasteiger charge is 2.24. The zero-order valence-electron chi connectivity index (χ0n) is 9.07. The van der Waals surface area contributed by atoms with Crippen LogP contribution in [-0.4, -0.2) is 19.3 Å². The molecule has 2 unspecified atom stereocenters. The molecule has 1 aromatic rings. The van der Waals surface area contributed by atoms with Crippen molar-refractivity contribution in [2.75, 3.05) is 18.2 Å². The average Bonchev–Trinajstić information content (AvgIpc) is 2.69. The van der Waals surface area contributed by atoms with Gasteiger partial charge < -0.3 is 15.8 Å². The first kappa shape index (κ1) is 10.3. The Labute approximate surface area is 90.6 Å². The lowest BCUT2D eigenvalue weighted by atomic mass is 10.2. The molecule has 0 saturated heterocycles. The van der Waals surface area contributed by atoms with E-state index in [1.807, 2.05) is 24.3 Å². The third-order valence-electron chi connectivity index (χ3n) is 3.04. The first-order valence-electron chi connectivity index (χ1n) is 5.43. The zero-order chi connectivity index (χ0) is 10.7. The zero-order valence-corrected chi connectivity index (χ0v) is 9.07. The molecule has 1 aromatic carbocycles. The molecule has 0 aromatic heterocycles. The molecule has 0 aliphatic heterocycles. The van der Waals surface area contributed by atoms with Crippen LogP contribution in [0.25, 0.3) is 0 Å². The molecule has 2 rings (SSSR count). The minimum atomic E-state index is 0.410. The van der Waals surface area contributed by atoms with Gasteiger partial charge in [-0.15, -0.1) is 0 Å². The fraction of sp³-hybridized carbons (Fsp3) is 0.500. The van der Waals surface area contributed by atoms with Crippen LogP contribution in [0.15, 0.2) is 24.3 Å². The van der Waals surface area contributed by atoms with Crippen LogP contribution in [0, 0.1) is 0 Å². The molecule has 82 valence electrons. The van der Waals surface area contributed by atoms with Gasteiger partial charge in [-0.05, 0) is 31.4 Å². The van der Waals surface area contributed by atoms with E-state index < -0.39 is 0 Å². The topological polar surface area (TPSA) is 47.3 Å². The summed E-state index contributed by atoms with van der Waals surface area (Å²) in [5.74, 6) is 0. The van der Waals surface area contributed by atoms with Gasteiger partial charge in [0.25, 0.3) is 0 Å². The minimum absolute atomic E-state index is 0.410. The second-order valence-corrected chi connectivity index (χ2v) is 4.10. The summed E-state index contributed by atoms with van der Waals surface area (Å²) in [4.78, 5) is 0. The number of ether oxygens (including phenoxy) is 1. The Morgan fingerprint density at radius 3 is 2.80 bits per heavy atom. The number of anilines is 2. The van der Waals surface area contributed by atoms with Crippen molar-refractivity contribution < 1.29 is 4.74 Å². The number of para-hydroxylation sites is 2. The van der Waals surface area contributed by atoms with Crippen LogP contribution in [0.2, 0.25) is 0 Å². The lowest BCUT2D eigenvalue weighted by molar-refractivity contribution is 0.108. The number of nitrogens with one attached hydrogen (secondary N) is 1. The van der Waals surface area contributed by atoms with E-state index in [0.717, 1.165) is 30.6 Å². The van der Waals surface area contributed by atoms with Crippen molar-refractivity contribution in [2.24, 2.45) is 0 Å². The van der Waals surface area contributed by atoms with E-state index in [9.17, 15) is 0 Å². The molecule has 1 aliphatic carbocycles. The highest BCUT2D eigenvalue weighted by Crippen LogP contribution is 2.26. The van der Waals surface area contributed by atoms with E-state index in [2.05, 4.69) is 5.32 Å².